The third-order valence-electron chi connectivity index (χ3n) is 4.02. The summed E-state index contributed by atoms with van der Waals surface area (Å²) in [4.78, 5) is 37.3. The van der Waals surface area contributed by atoms with Crippen LogP contribution < -0.4 is 5.32 Å². The molecular weight excluding hydrogens is 362 g/mol. The minimum Gasteiger partial charge on any atom is -0.467 e. The summed E-state index contributed by atoms with van der Waals surface area (Å²) in [6.07, 6.45) is 1.46. The van der Waals surface area contributed by atoms with Gasteiger partial charge in [-0.25, -0.2) is 8.78 Å². The number of halogens is 2. The summed E-state index contributed by atoms with van der Waals surface area (Å²) in [6.45, 7) is -0.273. The lowest BCUT2D eigenvalue weighted by Gasteiger charge is -2.14. The van der Waals surface area contributed by atoms with Crippen molar-refractivity contribution < 1.29 is 32.3 Å². The Morgan fingerprint density at radius 1 is 1.30 bits per heavy atom. The molecular formula is C18H16F2N2O5. The normalized spacial score (nSPS) is 16.4. The van der Waals surface area contributed by atoms with Crippen molar-refractivity contribution in [3.8, 4) is 0 Å². The second-order valence-corrected chi connectivity index (χ2v) is 6.03. The van der Waals surface area contributed by atoms with Gasteiger partial charge in [-0.2, -0.15) is 0 Å². The number of hydrogen-bond donors (Lipinski definition) is 1. The number of amides is 2. The van der Waals surface area contributed by atoms with E-state index < -0.39 is 36.0 Å². The Balaban J connectivity index is 1.48. The first kappa shape index (κ1) is 18.6. The van der Waals surface area contributed by atoms with Crippen molar-refractivity contribution in [2.75, 3.05) is 18.5 Å². The SMILES string of the molecule is O=C(COC(=O)[C@H]1CC(=O)N(Cc2ccco2)C1)Nc1cc(F)ccc1F. The van der Waals surface area contributed by atoms with Crippen LogP contribution in [0.15, 0.2) is 41.0 Å². The van der Waals surface area contributed by atoms with Crippen LogP contribution in [0.2, 0.25) is 0 Å². The van der Waals surface area contributed by atoms with Crippen LogP contribution >= 0.6 is 0 Å². The van der Waals surface area contributed by atoms with E-state index in [4.69, 9.17) is 9.15 Å². The van der Waals surface area contributed by atoms with Gasteiger partial charge in [0, 0.05) is 19.0 Å². The van der Waals surface area contributed by atoms with E-state index in [1.54, 1.807) is 12.1 Å². The Kier molecular flexibility index (Phi) is 5.49. The molecule has 0 radical (unpaired) electrons. The topological polar surface area (TPSA) is 88.9 Å². The number of hydrogen-bond acceptors (Lipinski definition) is 5. The van der Waals surface area contributed by atoms with Crippen LogP contribution in [0.4, 0.5) is 14.5 Å². The minimum atomic E-state index is -0.815. The molecule has 0 unspecified atom stereocenters. The van der Waals surface area contributed by atoms with Crippen molar-refractivity contribution in [3.05, 3.63) is 54.0 Å². The molecule has 142 valence electrons. The van der Waals surface area contributed by atoms with E-state index in [1.807, 2.05) is 0 Å². The molecule has 1 aromatic heterocycles. The fourth-order valence-electron chi connectivity index (χ4n) is 2.71. The van der Waals surface area contributed by atoms with Crippen molar-refractivity contribution in [3.63, 3.8) is 0 Å². The molecule has 2 aromatic rings. The second-order valence-electron chi connectivity index (χ2n) is 6.03. The van der Waals surface area contributed by atoms with Gasteiger partial charge in [-0.1, -0.05) is 0 Å². The van der Waals surface area contributed by atoms with Gasteiger partial charge in [0.2, 0.25) is 5.91 Å². The van der Waals surface area contributed by atoms with Gasteiger partial charge in [0.15, 0.2) is 6.61 Å². The van der Waals surface area contributed by atoms with Crippen molar-refractivity contribution in [1.29, 1.82) is 0 Å². The predicted octanol–water partition coefficient (Wildman–Crippen LogP) is 2.09. The summed E-state index contributed by atoms with van der Waals surface area (Å²) in [7, 11) is 0. The summed E-state index contributed by atoms with van der Waals surface area (Å²) in [5.74, 6) is -3.39. The Labute approximate surface area is 152 Å². The highest BCUT2D eigenvalue weighted by atomic mass is 19.1. The van der Waals surface area contributed by atoms with Gasteiger partial charge >= 0.3 is 5.97 Å². The van der Waals surface area contributed by atoms with E-state index in [2.05, 4.69) is 5.32 Å². The first-order valence-electron chi connectivity index (χ1n) is 8.14. The number of carbonyl (C=O) groups is 3. The number of anilines is 1. The first-order chi connectivity index (χ1) is 12.9. The lowest BCUT2D eigenvalue weighted by atomic mass is 10.1. The molecule has 27 heavy (non-hydrogen) atoms. The highest BCUT2D eigenvalue weighted by Gasteiger charge is 2.35. The largest absolute Gasteiger partial charge is 0.467 e. The first-order valence-corrected chi connectivity index (χ1v) is 8.14. The molecule has 0 saturated carbocycles. The van der Waals surface area contributed by atoms with Crippen LogP contribution in [0.3, 0.4) is 0 Å². The van der Waals surface area contributed by atoms with Crippen molar-refractivity contribution in [2.24, 2.45) is 5.92 Å². The molecule has 0 aliphatic carbocycles. The predicted molar refractivity (Wildman–Crippen MR) is 88.2 cm³/mol. The molecule has 0 bridgehead atoms. The molecule has 1 fully saturated rings. The van der Waals surface area contributed by atoms with Gasteiger partial charge in [-0.15, -0.1) is 0 Å². The van der Waals surface area contributed by atoms with E-state index in [0.717, 1.165) is 18.2 Å². The molecule has 1 aromatic carbocycles. The number of benzene rings is 1. The Morgan fingerprint density at radius 2 is 2.11 bits per heavy atom. The standard InChI is InChI=1S/C18H16F2N2O5/c19-12-3-4-14(20)15(7-12)21-16(23)10-27-18(25)11-6-17(24)22(8-11)9-13-2-1-5-26-13/h1-5,7,11H,6,8-10H2,(H,21,23)/t11-/m0/s1. The third-order valence-corrected chi connectivity index (χ3v) is 4.02. The molecule has 1 N–H and O–H groups in total. The number of likely N-dealkylation sites (tertiary alicyclic amines) is 1. The zero-order valence-electron chi connectivity index (χ0n) is 14.1. The van der Waals surface area contributed by atoms with Gasteiger partial charge < -0.3 is 19.4 Å². The molecule has 2 heterocycles. The number of furan rings is 1. The maximum Gasteiger partial charge on any atom is 0.311 e. The number of rotatable bonds is 6. The Hall–Kier alpha value is -3.23. The van der Waals surface area contributed by atoms with Gasteiger partial charge in [0.1, 0.15) is 17.4 Å². The van der Waals surface area contributed by atoms with Crippen molar-refractivity contribution in [1.82, 2.24) is 4.90 Å². The Bertz CT molecular complexity index is 853. The summed E-state index contributed by atoms with van der Waals surface area (Å²) in [5.41, 5.74) is -0.350. The average molecular weight is 378 g/mol. The number of nitrogens with zero attached hydrogens (tertiary/aromatic N) is 1. The van der Waals surface area contributed by atoms with Crippen LogP contribution in [-0.4, -0.2) is 35.8 Å². The highest BCUT2D eigenvalue weighted by molar-refractivity contribution is 5.93. The fourth-order valence-corrected chi connectivity index (χ4v) is 2.71. The highest BCUT2D eigenvalue weighted by Crippen LogP contribution is 2.21. The monoisotopic (exact) mass is 378 g/mol. The van der Waals surface area contributed by atoms with Crippen molar-refractivity contribution >= 4 is 23.5 Å². The number of nitrogens with one attached hydrogen (secondary N) is 1. The summed E-state index contributed by atoms with van der Waals surface area (Å²) in [5, 5.41) is 2.12. The summed E-state index contributed by atoms with van der Waals surface area (Å²) >= 11 is 0. The van der Waals surface area contributed by atoms with Crippen LogP contribution in [0.1, 0.15) is 12.2 Å². The summed E-state index contributed by atoms with van der Waals surface area (Å²) < 4.78 is 36.6. The molecule has 1 atom stereocenters. The van der Waals surface area contributed by atoms with Crippen molar-refractivity contribution in [2.45, 2.75) is 13.0 Å². The zero-order chi connectivity index (χ0) is 19.4. The lowest BCUT2D eigenvalue weighted by Crippen LogP contribution is -2.28. The number of ether oxygens (including phenoxy) is 1. The van der Waals surface area contributed by atoms with E-state index in [-0.39, 0.29) is 31.1 Å². The smallest absolute Gasteiger partial charge is 0.311 e. The lowest BCUT2D eigenvalue weighted by molar-refractivity contribution is -0.151. The second kappa shape index (κ2) is 7.98. The molecule has 1 saturated heterocycles. The van der Waals surface area contributed by atoms with Crippen LogP contribution in [0, 0.1) is 17.6 Å². The minimum absolute atomic E-state index is 0.0281. The van der Waals surface area contributed by atoms with E-state index in [9.17, 15) is 23.2 Å². The molecule has 9 heteroatoms. The van der Waals surface area contributed by atoms with Crippen LogP contribution in [0.5, 0.6) is 0 Å². The maximum absolute atomic E-state index is 13.5. The third kappa shape index (κ3) is 4.69. The number of carbonyl (C=O) groups excluding carboxylic acids is 3. The molecule has 3 rings (SSSR count). The van der Waals surface area contributed by atoms with Gasteiger partial charge in [0.25, 0.3) is 5.91 Å². The maximum atomic E-state index is 13.5. The molecule has 7 nitrogen and oxygen atoms in total. The molecule has 1 aliphatic rings. The van der Waals surface area contributed by atoms with E-state index in [1.165, 1.54) is 11.2 Å². The number of esters is 1. The zero-order valence-corrected chi connectivity index (χ0v) is 14.1. The molecule has 2 amide bonds. The average Bonchev–Trinajstić information content (AvgIpc) is 3.27. The van der Waals surface area contributed by atoms with Gasteiger partial charge in [-0.05, 0) is 24.3 Å². The summed E-state index contributed by atoms with van der Waals surface area (Å²) in [6, 6.07) is 6.01. The molecule has 0 spiro atoms. The van der Waals surface area contributed by atoms with Crippen LogP contribution in [0.25, 0.3) is 0 Å². The van der Waals surface area contributed by atoms with Gasteiger partial charge in [-0.3, -0.25) is 14.4 Å². The fraction of sp³-hybridized carbons (Fsp3) is 0.278. The van der Waals surface area contributed by atoms with Crippen LogP contribution in [-0.2, 0) is 25.7 Å². The Morgan fingerprint density at radius 3 is 2.85 bits per heavy atom. The van der Waals surface area contributed by atoms with E-state index in [0.29, 0.717) is 5.76 Å². The molecule has 1 aliphatic heterocycles. The quantitative estimate of drug-likeness (QED) is 0.778. The van der Waals surface area contributed by atoms with E-state index >= 15 is 0 Å². The van der Waals surface area contributed by atoms with Gasteiger partial charge in [0.05, 0.1) is 24.4 Å².